The highest BCUT2D eigenvalue weighted by atomic mass is 16.5. The fraction of sp³-hybridized carbons (Fsp3) is 0.130. The van der Waals surface area contributed by atoms with Crippen molar-refractivity contribution in [3.8, 4) is 0 Å². The molecule has 0 saturated carbocycles. The second kappa shape index (κ2) is 8.27. The fourth-order valence-electron chi connectivity index (χ4n) is 3.39. The number of methoxy groups -OCH3 is 1. The molecule has 0 bridgehead atoms. The molecule has 0 saturated heterocycles. The number of carbonyl (C=O) groups excluding carboxylic acids is 1. The smallest absolute Gasteiger partial charge is 0.339 e. The molecule has 8 nitrogen and oxygen atoms in total. The van der Waals surface area contributed by atoms with Crippen LogP contribution in [0.5, 0.6) is 0 Å². The molecule has 0 spiro atoms. The molecule has 0 amide bonds. The van der Waals surface area contributed by atoms with Gasteiger partial charge < -0.3 is 20.7 Å². The molecule has 0 radical (unpaired) electrons. The monoisotopic (exact) mass is 414 g/mol. The maximum atomic E-state index is 12.2. The number of aromatic nitrogens is 3. The lowest BCUT2D eigenvalue weighted by Crippen LogP contribution is -2.18. The van der Waals surface area contributed by atoms with E-state index in [-0.39, 0.29) is 0 Å². The zero-order chi connectivity index (χ0) is 22.0. The molecule has 4 rings (SSSR count). The van der Waals surface area contributed by atoms with Crippen molar-refractivity contribution in [1.82, 2.24) is 15.0 Å². The number of anilines is 5. The second-order valence-electron chi connectivity index (χ2n) is 6.98. The van der Waals surface area contributed by atoms with Crippen molar-refractivity contribution < 1.29 is 9.53 Å². The highest BCUT2D eigenvalue weighted by Crippen LogP contribution is 2.34. The number of pyridine rings is 1. The average Bonchev–Trinajstić information content (AvgIpc) is 2.80. The summed E-state index contributed by atoms with van der Waals surface area (Å²) >= 11 is 0. The number of ether oxygens (including phenoxy) is 1. The predicted octanol–water partition coefficient (Wildman–Crippen LogP) is 4.21. The van der Waals surface area contributed by atoms with E-state index in [2.05, 4.69) is 20.3 Å². The predicted molar refractivity (Wildman–Crippen MR) is 122 cm³/mol. The van der Waals surface area contributed by atoms with Gasteiger partial charge in [-0.05, 0) is 31.2 Å². The summed E-state index contributed by atoms with van der Waals surface area (Å²) in [5, 5.41) is 4.29. The highest BCUT2D eigenvalue weighted by molar-refractivity contribution is 5.98. The number of fused-ring (bicyclic) bond motifs is 1. The van der Waals surface area contributed by atoms with Gasteiger partial charge in [-0.3, -0.25) is 4.98 Å². The number of para-hydroxylation sites is 2. The van der Waals surface area contributed by atoms with Crippen molar-refractivity contribution >= 4 is 45.6 Å². The van der Waals surface area contributed by atoms with Crippen molar-refractivity contribution in [2.24, 2.45) is 0 Å². The van der Waals surface area contributed by atoms with Gasteiger partial charge in [0.1, 0.15) is 12.0 Å². The Morgan fingerprint density at radius 3 is 2.68 bits per heavy atom. The first-order valence-electron chi connectivity index (χ1n) is 9.64. The molecule has 8 heteroatoms. The van der Waals surface area contributed by atoms with E-state index in [0.717, 1.165) is 22.3 Å². The minimum Gasteiger partial charge on any atom is -0.465 e. The van der Waals surface area contributed by atoms with Gasteiger partial charge in [0.25, 0.3) is 0 Å². The summed E-state index contributed by atoms with van der Waals surface area (Å²) in [6.45, 7) is 1.95. The number of benzene rings is 2. The molecule has 0 aliphatic carbocycles. The van der Waals surface area contributed by atoms with Gasteiger partial charge in [-0.2, -0.15) is 0 Å². The number of aryl methyl sites for hydroxylation is 1. The lowest BCUT2D eigenvalue weighted by Gasteiger charge is -2.23. The number of rotatable bonds is 5. The van der Waals surface area contributed by atoms with Gasteiger partial charge >= 0.3 is 5.97 Å². The van der Waals surface area contributed by atoms with E-state index in [1.54, 1.807) is 30.1 Å². The molecule has 2 aromatic carbocycles. The van der Waals surface area contributed by atoms with Crippen LogP contribution < -0.4 is 16.0 Å². The van der Waals surface area contributed by atoms with Gasteiger partial charge in [0.05, 0.1) is 29.6 Å². The summed E-state index contributed by atoms with van der Waals surface area (Å²) in [7, 11) is 3.13. The van der Waals surface area contributed by atoms with Gasteiger partial charge in [-0.1, -0.05) is 30.3 Å². The Kier molecular flexibility index (Phi) is 5.36. The number of hydrogen-bond donors (Lipinski definition) is 2. The number of carbonyl (C=O) groups is 1. The van der Waals surface area contributed by atoms with E-state index >= 15 is 0 Å². The van der Waals surface area contributed by atoms with E-state index < -0.39 is 5.97 Å². The Hall–Kier alpha value is -4.20. The van der Waals surface area contributed by atoms with Crippen LogP contribution in [0.25, 0.3) is 10.9 Å². The first-order chi connectivity index (χ1) is 15.0. The van der Waals surface area contributed by atoms with Crippen LogP contribution in [0.1, 0.15) is 16.1 Å². The summed E-state index contributed by atoms with van der Waals surface area (Å²) in [5.74, 6) is 0.465. The molecule has 0 fully saturated rings. The van der Waals surface area contributed by atoms with Crippen molar-refractivity contribution in [1.29, 1.82) is 0 Å². The topological polar surface area (TPSA) is 106 Å². The first-order valence-corrected chi connectivity index (χ1v) is 9.64. The highest BCUT2D eigenvalue weighted by Gasteiger charge is 2.19. The maximum Gasteiger partial charge on any atom is 0.339 e. The Bertz CT molecular complexity index is 1270. The minimum atomic E-state index is -0.439. The molecule has 156 valence electrons. The summed E-state index contributed by atoms with van der Waals surface area (Å²) in [6, 6.07) is 17.0. The average molecular weight is 414 g/mol. The second-order valence-corrected chi connectivity index (χ2v) is 6.98. The number of nitrogens with zero attached hydrogens (tertiary/aromatic N) is 4. The van der Waals surface area contributed by atoms with E-state index in [0.29, 0.717) is 28.6 Å². The third-order valence-electron chi connectivity index (χ3n) is 4.96. The van der Waals surface area contributed by atoms with Crippen LogP contribution in [0.3, 0.4) is 0 Å². The van der Waals surface area contributed by atoms with Crippen LogP contribution in [0.4, 0.5) is 28.7 Å². The molecule has 0 atom stereocenters. The van der Waals surface area contributed by atoms with Crippen molar-refractivity contribution in [3.05, 3.63) is 72.2 Å². The standard InChI is InChI=1S/C23H22N6O2/c1-14-11-12-15-7-6-9-17(20(15)27-14)28-21-19(24)22(26-13-25-21)29(2)18-10-5-4-8-16(18)23(30)31-3/h4-13H,24H2,1-3H3,(H,25,26,28). The molecule has 0 aliphatic rings. The Labute approximate surface area is 179 Å². The number of esters is 1. The minimum absolute atomic E-state index is 0.342. The Morgan fingerprint density at radius 1 is 1.06 bits per heavy atom. The molecule has 2 heterocycles. The Morgan fingerprint density at radius 2 is 1.87 bits per heavy atom. The largest absolute Gasteiger partial charge is 0.465 e. The van der Waals surface area contributed by atoms with Crippen LogP contribution in [-0.4, -0.2) is 35.1 Å². The third-order valence-corrected chi connectivity index (χ3v) is 4.96. The summed E-state index contributed by atoms with van der Waals surface area (Å²) in [6.07, 6.45) is 1.43. The Balaban J connectivity index is 1.74. The van der Waals surface area contributed by atoms with E-state index in [1.807, 2.05) is 43.3 Å². The number of nitrogens with one attached hydrogen (secondary N) is 1. The van der Waals surface area contributed by atoms with Crippen LogP contribution in [0, 0.1) is 6.92 Å². The number of hydrogen-bond acceptors (Lipinski definition) is 8. The first kappa shape index (κ1) is 20.1. The van der Waals surface area contributed by atoms with Crippen molar-refractivity contribution in [3.63, 3.8) is 0 Å². The third kappa shape index (κ3) is 3.83. The molecule has 4 aromatic rings. The quantitative estimate of drug-likeness (QED) is 0.468. The fourth-order valence-corrected chi connectivity index (χ4v) is 3.39. The number of nitrogens with two attached hydrogens (primary N) is 1. The molecule has 0 unspecified atom stereocenters. The molecule has 3 N–H and O–H groups in total. The van der Waals surface area contributed by atoms with E-state index in [1.165, 1.54) is 13.4 Å². The SMILES string of the molecule is COC(=O)c1ccccc1N(C)c1ncnc(Nc2cccc3ccc(C)nc23)c1N. The zero-order valence-corrected chi connectivity index (χ0v) is 17.5. The molecular weight excluding hydrogens is 392 g/mol. The van der Waals surface area contributed by atoms with E-state index in [9.17, 15) is 4.79 Å². The zero-order valence-electron chi connectivity index (χ0n) is 17.5. The van der Waals surface area contributed by atoms with Crippen LogP contribution in [-0.2, 0) is 4.74 Å². The van der Waals surface area contributed by atoms with Gasteiger partial charge in [-0.25, -0.2) is 14.8 Å². The lowest BCUT2D eigenvalue weighted by atomic mass is 10.1. The van der Waals surface area contributed by atoms with Crippen LogP contribution in [0.15, 0.2) is 60.9 Å². The van der Waals surface area contributed by atoms with Gasteiger partial charge in [0.15, 0.2) is 11.6 Å². The van der Waals surface area contributed by atoms with Gasteiger partial charge in [-0.15, -0.1) is 0 Å². The summed E-state index contributed by atoms with van der Waals surface area (Å²) in [5.41, 5.74) is 10.3. The summed E-state index contributed by atoms with van der Waals surface area (Å²) < 4.78 is 4.90. The number of nitrogen functional groups attached to an aromatic ring is 1. The van der Waals surface area contributed by atoms with Crippen LogP contribution >= 0.6 is 0 Å². The van der Waals surface area contributed by atoms with Crippen LogP contribution in [0.2, 0.25) is 0 Å². The molecule has 0 aliphatic heterocycles. The normalized spacial score (nSPS) is 10.7. The maximum absolute atomic E-state index is 12.2. The van der Waals surface area contributed by atoms with Crippen molar-refractivity contribution in [2.75, 3.05) is 30.1 Å². The van der Waals surface area contributed by atoms with Gasteiger partial charge in [0, 0.05) is 18.1 Å². The van der Waals surface area contributed by atoms with E-state index in [4.69, 9.17) is 10.5 Å². The molecule has 31 heavy (non-hydrogen) atoms. The molecule has 2 aromatic heterocycles. The molecular formula is C23H22N6O2. The lowest BCUT2D eigenvalue weighted by molar-refractivity contribution is 0.0601. The van der Waals surface area contributed by atoms with Crippen molar-refractivity contribution in [2.45, 2.75) is 6.92 Å². The van der Waals surface area contributed by atoms with Gasteiger partial charge in [0.2, 0.25) is 0 Å². The summed E-state index contributed by atoms with van der Waals surface area (Å²) in [4.78, 5) is 27.2.